The molecule has 80 valence electrons. The molecule has 0 aliphatic heterocycles. The van der Waals surface area contributed by atoms with Crippen LogP contribution < -0.4 is 4.74 Å². The van der Waals surface area contributed by atoms with E-state index in [1.807, 2.05) is 12.3 Å². The molecule has 0 spiro atoms. The number of nitrogens with one attached hydrogen (secondary N) is 1. The van der Waals surface area contributed by atoms with Crippen LogP contribution in [0.1, 0.15) is 26.7 Å². The van der Waals surface area contributed by atoms with Crippen molar-refractivity contribution in [2.45, 2.75) is 32.8 Å². The maximum absolute atomic E-state index is 5.88. The molecule has 2 heteroatoms. The fraction of sp³-hybridized carbons (Fsp3) is 0.385. The second kappa shape index (κ2) is 4.39. The van der Waals surface area contributed by atoms with Gasteiger partial charge in [0, 0.05) is 17.1 Å². The Morgan fingerprint density at radius 2 is 2.00 bits per heavy atom. The van der Waals surface area contributed by atoms with Gasteiger partial charge in [-0.05, 0) is 37.1 Å². The Morgan fingerprint density at radius 1 is 1.20 bits per heavy atom. The molecule has 2 aromatic rings. The average Bonchev–Trinajstić information content (AvgIpc) is 2.73. The van der Waals surface area contributed by atoms with E-state index >= 15 is 0 Å². The topological polar surface area (TPSA) is 25.0 Å². The number of hydrogen-bond donors (Lipinski definition) is 1. The SMILES string of the molecule is CCC(CC)Oc1ccc2[nH]ccc2c1. The van der Waals surface area contributed by atoms with E-state index in [1.54, 1.807) is 0 Å². The van der Waals surface area contributed by atoms with E-state index in [4.69, 9.17) is 4.74 Å². The molecule has 0 saturated heterocycles. The molecule has 0 radical (unpaired) electrons. The lowest BCUT2D eigenvalue weighted by Gasteiger charge is -2.15. The zero-order valence-electron chi connectivity index (χ0n) is 9.29. The van der Waals surface area contributed by atoms with Gasteiger partial charge in [-0.1, -0.05) is 13.8 Å². The largest absolute Gasteiger partial charge is 0.490 e. The van der Waals surface area contributed by atoms with Crippen molar-refractivity contribution in [3.63, 3.8) is 0 Å². The van der Waals surface area contributed by atoms with Gasteiger partial charge in [0.25, 0.3) is 0 Å². The van der Waals surface area contributed by atoms with Gasteiger partial charge in [0.2, 0.25) is 0 Å². The van der Waals surface area contributed by atoms with E-state index < -0.39 is 0 Å². The highest BCUT2D eigenvalue weighted by molar-refractivity contribution is 5.80. The van der Waals surface area contributed by atoms with Crippen molar-refractivity contribution < 1.29 is 4.74 Å². The summed E-state index contributed by atoms with van der Waals surface area (Å²) in [5, 5.41) is 1.21. The third-order valence-corrected chi connectivity index (χ3v) is 2.74. The van der Waals surface area contributed by atoms with Crippen LogP contribution in [0.2, 0.25) is 0 Å². The van der Waals surface area contributed by atoms with Gasteiger partial charge in [0.15, 0.2) is 0 Å². The Labute approximate surface area is 90.3 Å². The van der Waals surface area contributed by atoms with Gasteiger partial charge in [0.1, 0.15) is 5.75 Å². The van der Waals surface area contributed by atoms with Crippen LogP contribution in [0, 0.1) is 0 Å². The minimum atomic E-state index is 0.335. The number of aromatic amines is 1. The third-order valence-electron chi connectivity index (χ3n) is 2.74. The predicted molar refractivity (Wildman–Crippen MR) is 63.3 cm³/mol. The summed E-state index contributed by atoms with van der Waals surface area (Å²) in [6.45, 7) is 4.31. The molecule has 1 aromatic heterocycles. The van der Waals surface area contributed by atoms with Crippen LogP contribution in [0.3, 0.4) is 0 Å². The van der Waals surface area contributed by atoms with Gasteiger partial charge in [-0.25, -0.2) is 0 Å². The van der Waals surface area contributed by atoms with Crippen molar-refractivity contribution in [2.75, 3.05) is 0 Å². The van der Waals surface area contributed by atoms with Crippen molar-refractivity contribution in [3.05, 3.63) is 30.5 Å². The Hall–Kier alpha value is -1.44. The quantitative estimate of drug-likeness (QED) is 0.804. The first kappa shape index (κ1) is 10.1. The van der Waals surface area contributed by atoms with Crippen LogP contribution in [0.4, 0.5) is 0 Å². The minimum Gasteiger partial charge on any atom is -0.490 e. The lowest BCUT2D eigenvalue weighted by molar-refractivity contribution is 0.193. The Kier molecular flexibility index (Phi) is 2.95. The van der Waals surface area contributed by atoms with Gasteiger partial charge < -0.3 is 9.72 Å². The molecule has 1 heterocycles. The lowest BCUT2D eigenvalue weighted by atomic mass is 10.2. The highest BCUT2D eigenvalue weighted by atomic mass is 16.5. The standard InChI is InChI=1S/C13H17NO/c1-3-11(4-2)15-12-5-6-13-10(9-12)7-8-14-13/h5-9,11,14H,3-4H2,1-2H3. The minimum absolute atomic E-state index is 0.335. The molecule has 0 bridgehead atoms. The first-order valence-corrected chi connectivity index (χ1v) is 5.57. The molecule has 2 rings (SSSR count). The molecule has 1 N–H and O–H groups in total. The van der Waals surface area contributed by atoms with Crippen LogP contribution in [0.15, 0.2) is 30.5 Å². The summed E-state index contributed by atoms with van der Waals surface area (Å²) >= 11 is 0. The van der Waals surface area contributed by atoms with E-state index in [0.29, 0.717) is 6.10 Å². The molecule has 0 fully saturated rings. The first-order valence-electron chi connectivity index (χ1n) is 5.57. The molecule has 0 aliphatic rings. The van der Waals surface area contributed by atoms with Crippen LogP contribution in [0.5, 0.6) is 5.75 Å². The first-order chi connectivity index (χ1) is 7.33. The van der Waals surface area contributed by atoms with Crippen LogP contribution >= 0.6 is 0 Å². The second-order valence-electron chi connectivity index (χ2n) is 3.78. The Morgan fingerprint density at radius 3 is 2.73 bits per heavy atom. The predicted octanol–water partition coefficient (Wildman–Crippen LogP) is 3.74. The summed E-state index contributed by atoms with van der Waals surface area (Å²) in [5.74, 6) is 0.968. The third kappa shape index (κ3) is 2.14. The number of aromatic nitrogens is 1. The molecule has 1 aromatic carbocycles. The van der Waals surface area contributed by atoms with E-state index in [1.165, 1.54) is 5.39 Å². The van der Waals surface area contributed by atoms with Crippen LogP contribution in [-0.2, 0) is 0 Å². The molecule has 0 saturated carbocycles. The van der Waals surface area contributed by atoms with E-state index in [0.717, 1.165) is 24.1 Å². The summed E-state index contributed by atoms with van der Waals surface area (Å²) in [6.07, 6.45) is 4.40. The van der Waals surface area contributed by atoms with E-state index in [-0.39, 0.29) is 0 Å². The fourth-order valence-corrected chi connectivity index (χ4v) is 1.75. The summed E-state index contributed by atoms with van der Waals surface area (Å²) in [6, 6.07) is 8.24. The second-order valence-corrected chi connectivity index (χ2v) is 3.78. The number of hydrogen-bond acceptors (Lipinski definition) is 1. The highest BCUT2D eigenvalue weighted by Crippen LogP contribution is 2.21. The van der Waals surface area contributed by atoms with Crippen molar-refractivity contribution in [3.8, 4) is 5.75 Å². The summed E-state index contributed by atoms with van der Waals surface area (Å²) in [4.78, 5) is 3.17. The van der Waals surface area contributed by atoms with Gasteiger partial charge >= 0.3 is 0 Å². The summed E-state index contributed by atoms with van der Waals surface area (Å²) in [7, 11) is 0. The number of ether oxygens (including phenoxy) is 1. The maximum atomic E-state index is 5.88. The highest BCUT2D eigenvalue weighted by Gasteiger charge is 2.05. The summed E-state index contributed by atoms with van der Waals surface area (Å²) < 4.78 is 5.88. The van der Waals surface area contributed by atoms with Crippen molar-refractivity contribution in [1.29, 1.82) is 0 Å². The van der Waals surface area contributed by atoms with Gasteiger partial charge in [0.05, 0.1) is 6.10 Å². The molecular formula is C13H17NO. The molecule has 0 aliphatic carbocycles. The average molecular weight is 203 g/mol. The number of rotatable bonds is 4. The van der Waals surface area contributed by atoms with Gasteiger partial charge in [-0.2, -0.15) is 0 Å². The van der Waals surface area contributed by atoms with Gasteiger partial charge in [-0.15, -0.1) is 0 Å². The molecule has 15 heavy (non-hydrogen) atoms. The molecule has 2 nitrogen and oxygen atoms in total. The van der Waals surface area contributed by atoms with E-state index in [2.05, 4.69) is 37.0 Å². The van der Waals surface area contributed by atoms with Gasteiger partial charge in [-0.3, -0.25) is 0 Å². The Bertz CT molecular complexity index is 429. The monoisotopic (exact) mass is 203 g/mol. The zero-order valence-corrected chi connectivity index (χ0v) is 9.29. The summed E-state index contributed by atoms with van der Waals surface area (Å²) in [5.41, 5.74) is 1.16. The van der Waals surface area contributed by atoms with Crippen molar-refractivity contribution in [1.82, 2.24) is 4.98 Å². The molecule has 0 atom stereocenters. The number of fused-ring (bicyclic) bond motifs is 1. The molecule has 0 unspecified atom stereocenters. The van der Waals surface area contributed by atoms with Crippen LogP contribution in [-0.4, -0.2) is 11.1 Å². The maximum Gasteiger partial charge on any atom is 0.120 e. The molecular weight excluding hydrogens is 186 g/mol. The fourth-order valence-electron chi connectivity index (χ4n) is 1.75. The smallest absolute Gasteiger partial charge is 0.120 e. The van der Waals surface area contributed by atoms with E-state index in [9.17, 15) is 0 Å². The Balaban J connectivity index is 2.20. The van der Waals surface area contributed by atoms with Crippen molar-refractivity contribution >= 4 is 10.9 Å². The molecule has 0 amide bonds. The normalized spacial score (nSPS) is 11.1. The number of benzene rings is 1. The lowest BCUT2D eigenvalue weighted by Crippen LogP contribution is -2.13. The number of H-pyrrole nitrogens is 1. The van der Waals surface area contributed by atoms with Crippen molar-refractivity contribution in [2.24, 2.45) is 0 Å². The zero-order chi connectivity index (χ0) is 10.7. The van der Waals surface area contributed by atoms with Crippen LogP contribution in [0.25, 0.3) is 10.9 Å².